The molecule has 13 heteroatoms. The van der Waals surface area contributed by atoms with Crippen LogP contribution in [-0.4, -0.2) is 78.1 Å². The number of amides is 2. The van der Waals surface area contributed by atoms with E-state index in [1.54, 1.807) is 41.6 Å². The van der Waals surface area contributed by atoms with Gasteiger partial charge in [0.2, 0.25) is 17.8 Å². The number of likely N-dealkylation sites (tertiary alicyclic amines) is 1. The molecule has 0 spiro atoms. The van der Waals surface area contributed by atoms with Crippen molar-refractivity contribution in [2.45, 2.75) is 63.6 Å². The van der Waals surface area contributed by atoms with E-state index in [0.717, 1.165) is 40.4 Å². The third-order valence-corrected chi connectivity index (χ3v) is 9.96. The van der Waals surface area contributed by atoms with Crippen LogP contribution in [0.25, 0.3) is 5.95 Å². The molecule has 2 aliphatic heterocycles. The summed E-state index contributed by atoms with van der Waals surface area (Å²) in [4.78, 5) is 40.3. The van der Waals surface area contributed by atoms with E-state index in [9.17, 15) is 19.8 Å². The number of hydrogen-bond donors (Lipinski definition) is 4. The molecule has 2 fully saturated rings. The van der Waals surface area contributed by atoms with E-state index >= 15 is 0 Å². The fourth-order valence-electron chi connectivity index (χ4n) is 6.88. The first kappa shape index (κ1) is 35.1. The van der Waals surface area contributed by atoms with Crippen molar-refractivity contribution in [3.8, 4) is 17.4 Å². The van der Waals surface area contributed by atoms with Crippen LogP contribution in [0.2, 0.25) is 0 Å². The number of ether oxygens (including phenoxy) is 2. The number of rotatable bonds is 13. The first-order chi connectivity index (χ1) is 25.2. The molecule has 270 valence electrons. The van der Waals surface area contributed by atoms with Gasteiger partial charge in [-0.05, 0) is 72.9 Å². The van der Waals surface area contributed by atoms with Gasteiger partial charge in [-0.15, -0.1) is 0 Å². The Morgan fingerprint density at radius 1 is 0.923 bits per heavy atom. The summed E-state index contributed by atoms with van der Waals surface area (Å²) in [5.41, 5.74) is 3.61. The number of allylic oxidation sites excluding steroid dienone is 1. The van der Waals surface area contributed by atoms with Gasteiger partial charge in [0, 0.05) is 36.2 Å². The minimum Gasteiger partial charge on any atom is -0.494 e. The van der Waals surface area contributed by atoms with Crippen LogP contribution in [0, 0.1) is 11.8 Å². The maximum atomic E-state index is 13.2. The second-order valence-electron chi connectivity index (χ2n) is 13.8. The molecule has 13 nitrogen and oxygen atoms in total. The van der Waals surface area contributed by atoms with Gasteiger partial charge in [0.05, 0.1) is 30.2 Å². The number of carbonyl (C=O) groups is 2. The van der Waals surface area contributed by atoms with Crippen LogP contribution in [0.4, 0.5) is 0 Å². The number of imide groups is 1. The molecule has 1 aliphatic carbocycles. The molecule has 52 heavy (non-hydrogen) atoms. The zero-order chi connectivity index (χ0) is 36.2. The highest BCUT2D eigenvalue weighted by Gasteiger charge is 2.51. The summed E-state index contributed by atoms with van der Waals surface area (Å²) in [7, 11) is 0. The Morgan fingerprint density at radius 2 is 1.63 bits per heavy atom. The zero-order valence-corrected chi connectivity index (χ0v) is 29.1. The van der Waals surface area contributed by atoms with Gasteiger partial charge in [-0.25, -0.2) is 15.0 Å². The van der Waals surface area contributed by atoms with Crippen LogP contribution < -0.4 is 20.1 Å². The van der Waals surface area contributed by atoms with Crippen molar-refractivity contribution in [3.05, 3.63) is 120 Å². The Kier molecular flexibility index (Phi) is 10.2. The molecule has 4 N–H and O–H groups in total. The highest BCUT2D eigenvalue weighted by Crippen LogP contribution is 2.36. The molecule has 3 aliphatic rings. The number of hydrogen-bond acceptors (Lipinski definition) is 11. The van der Waals surface area contributed by atoms with Gasteiger partial charge in [0.1, 0.15) is 36.9 Å². The van der Waals surface area contributed by atoms with Gasteiger partial charge in [-0.2, -0.15) is 0 Å². The Hall–Kier alpha value is -5.37. The fourth-order valence-corrected chi connectivity index (χ4v) is 6.88. The Bertz CT molecular complexity index is 1930. The monoisotopic (exact) mass is 705 g/mol. The van der Waals surface area contributed by atoms with Crippen LogP contribution in [0.3, 0.4) is 0 Å². The average Bonchev–Trinajstić information content (AvgIpc) is 3.78. The molecule has 2 aromatic carbocycles. The summed E-state index contributed by atoms with van der Waals surface area (Å²) >= 11 is 0. The number of aliphatic hydroxyl groups excluding tert-OH is 2. The first-order valence-electron chi connectivity index (χ1n) is 17.6. The highest BCUT2D eigenvalue weighted by atomic mass is 16.5. The summed E-state index contributed by atoms with van der Waals surface area (Å²) in [5.74, 6) is 0.261. The summed E-state index contributed by atoms with van der Waals surface area (Å²) in [6, 6.07) is 17.4. The molecule has 4 heterocycles. The number of nitrogens with zero attached hydrogens (tertiary/aromatic N) is 5. The maximum Gasteiger partial charge on any atom is 0.237 e. The smallest absolute Gasteiger partial charge is 0.237 e. The molecule has 4 aromatic rings. The summed E-state index contributed by atoms with van der Waals surface area (Å²) in [5, 5.41) is 26.1. The van der Waals surface area contributed by atoms with Gasteiger partial charge >= 0.3 is 0 Å². The lowest BCUT2D eigenvalue weighted by Crippen LogP contribution is -2.58. The van der Waals surface area contributed by atoms with E-state index in [1.165, 1.54) is 4.90 Å². The highest BCUT2D eigenvalue weighted by molar-refractivity contribution is 6.07. The predicted octanol–water partition coefficient (Wildman–Crippen LogP) is 3.37. The third kappa shape index (κ3) is 7.47. The molecule has 2 saturated heterocycles. The maximum absolute atomic E-state index is 13.2. The fraction of sp³-hybridized carbons (Fsp3) is 0.359. The largest absolute Gasteiger partial charge is 0.494 e. The second kappa shape index (κ2) is 15.1. The number of fused-ring (bicyclic) bond motifs is 1. The molecule has 7 rings (SSSR count). The number of benzene rings is 2. The van der Waals surface area contributed by atoms with Gasteiger partial charge in [-0.1, -0.05) is 44.2 Å². The van der Waals surface area contributed by atoms with Gasteiger partial charge in [-0.3, -0.25) is 24.4 Å². The van der Waals surface area contributed by atoms with E-state index in [0.29, 0.717) is 38.5 Å². The van der Waals surface area contributed by atoms with Gasteiger partial charge in [0.25, 0.3) is 0 Å². The molecule has 0 bridgehead atoms. The number of nitrogens with one attached hydrogen (secondary N) is 2. The van der Waals surface area contributed by atoms with Crippen molar-refractivity contribution in [1.82, 2.24) is 35.1 Å². The number of aliphatic hydroxyl groups is 2. The minimum absolute atomic E-state index is 0.245. The Balaban J connectivity index is 0.859. The van der Waals surface area contributed by atoms with Crippen molar-refractivity contribution < 1.29 is 29.3 Å². The summed E-state index contributed by atoms with van der Waals surface area (Å²) in [6.45, 7) is 5.82. The molecular formula is C39H43N7O6. The number of imidazole rings is 1. The van der Waals surface area contributed by atoms with Crippen molar-refractivity contribution in [1.29, 1.82) is 0 Å². The van der Waals surface area contributed by atoms with Crippen molar-refractivity contribution in [2.75, 3.05) is 13.2 Å². The topological polar surface area (TPSA) is 164 Å². The van der Waals surface area contributed by atoms with Crippen LogP contribution in [0.1, 0.15) is 49.9 Å². The second-order valence-corrected chi connectivity index (χ2v) is 13.8. The van der Waals surface area contributed by atoms with Crippen molar-refractivity contribution in [2.24, 2.45) is 11.8 Å². The van der Waals surface area contributed by atoms with Crippen LogP contribution in [0.5, 0.6) is 11.5 Å². The third-order valence-electron chi connectivity index (χ3n) is 9.96. The summed E-state index contributed by atoms with van der Waals surface area (Å²) in [6.07, 6.45) is 11.6. The molecule has 5 unspecified atom stereocenters. The van der Waals surface area contributed by atoms with Crippen molar-refractivity contribution in [3.63, 3.8) is 0 Å². The quantitative estimate of drug-likeness (QED) is 0.119. The number of carbonyl (C=O) groups excluding carboxylic acids is 2. The van der Waals surface area contributed by atoms with Gasteiger partial charge in [0.15, 0.2) is 0 Å². The van der Waals surface area contributed by atoms with Crippen LogP contribution in [0.15, 0.2) is 103 Å². The van der Waals surface area contributed by atoms with Crippen LogP contribution >= 0.6 is 0 Å². The predicted molar refractivity (Wildman–Crippen MR) is 191 cm³/mol. The van der Waals surface area contributed by atoms with Gasteiger partial charge < -0.3 is 25.0 Å². The zero-order valence-electron chi connectivity index (χ0n) is 29.1. The molecule has 0 saturated carbocycles. The first-order valence-corrected chi connectivity index (χ1v) is 17.6. The van der Waals surface area contributed by atoms with E-state index < -0.39 is 30.3 Å². The molecule has 2 aromatic heterocycles. The normalized spacial score (nSPS) is 23.0. The lowest BCUT2D eigenvalue weighted by atomic mass is 9.78. The lowest BCUT2D eigenvalue weighted by Gasteiger charge is -2.36. The Morgan fingerprint density at radius 3 is 2.33 bits per heavy atom. The summed E-state index contributed by atoms with van der Waals surface area (Å²) < 4.78 is 13.8. The molecule has 2 amide bonds. The molecule has 0 radical (unpaired) electrons. The van der Waals surface area contributed by atoms with E-state index in [1.807, 2.05) is 36.4 Å². The van der Waals surface area contributed by atoms with E-state index in [4.69, 9.17) is 9.47 Å². The minimum atomic E-state index is -1.16. The van der Waals surface area contributed by atoms with Crippen molar-refractivity contribution >= 4 is 11.8 Å². The number of aromatic nitrogens is 4. The lowest BCUT2D eigenvalue weighted by molar-refractivity contribution is -0.149. The molecule has 5 atom stereocenters. The van der Waals surface area contributed by atoms with E-state index in [2.05, 4.69) is 63.7 Å². The number of piperidine rings is 1. The average molecular weight is 706 g/mol. The Labute approximate surface area is 302 Å². The SMILES string of the molecule is CC(C)(c1ccc(OCCCNC2=CC3C(=O)N(C4CCC(O)NC4O)C(=O)C3C=C2)cc1)c1ccc(OCc2ccnc(-n3ccnc3)n2)cc1. The molecular weight excluding hydrogens is 662 g/mol. The standard InChI is InChI=1S/C39H43N7O6/c1-39(2,26-6-11-30(12-7-26)52-23-28-16-18-42-38(43-28)45-20-19-40-24-45)25-4-9-29(10-5-25)51-21-3-17-41-27-8-13-31-32(22-27)37(50)46(36(31)49)33-14-15-34(47)44-35(33)48/h4-13,16,18-20,22,24,31-35,41,44,47-48H,3,14-15,17,21,23H2,1-2H3. The van der Waals surface area contributed by atoms with Crippen LogP contribution in [-0.2, 0) is 21.6 Å². The van der Waals surface area contributed by atoms with E-state index in [-0.39, 0.29) is 17.2 Å².